The van der Waals surface area contributed by atoms with Crippen molar-refractivity contribution in [1.29, 1.82) is 0 Å². The highest BCUT2D eigenvalue weighted by atomic mass is 19.1. The van der Waals surface area contributed by atoms with E-state index in [4.69, 9.17) is 4.74 Å². The first-order chi connectivity index (χ1) is 7.00. The molecule has 0 amide bonds. The second kappa shape index (κ2) is 5.12. The van der Waals surface area contributed by atoms with Gasteiger partial charge in [0.25, 0.3) is 0 Å². The van der Waals surface area contributed by atoms with Crippen LogP contribution in [0.1, 0.15) is 19.4 Å². The van der Waals surface area contributed by atoms with Gasteiger partial charge in [-0.05, 0) is 30.5 Å². The maximum atomic E-state index is 13.2. The Balaban J connectivity index is 2.61. The van der Waals surface area contributed by atoms with Gasteiger partial charge < -0.3 is 9.84 Å². The van der Waals surface area contributed by atoms with Crippen molar-refractivity contribution in [1.82, 2.24) is 0 Å². The second-order valence-corrected chi connectivity index (χ2v) is 4.06. The van der Waals surface area contributed by atoms with Crippen molar-refractivity contribution in [2.24, 2.45) is 5.92 Å². The molecule has 0 aliphatic carbocycles. The molecule has 0 heterocycles. The first kappa shape index (κ1) is 12.0. The van der Waals surface area contributed by atoms with E-state index in [0.29, 0.717) is 0 Å². The Labute approximate surface area is 89.7 Å². The van der Waals surface area contributed by atoms with Crippen LogP contribution in [0.2, 0.25) is 0 Å². The van der Waals surface area contributed by atoms with Crippen LogP contribution < -0.4 is 4.74 Å². The van der Waals surface area contributed by atoms with Gasteiger partial charge in [0, 0.05) is 0 Å². The minimum atomic E-state index is -0.565. The Hall–Kier alpha value is -1.09. The van der Waals surface area contributed by atoms with E-state index in [2.05, 4.69) is 0 Å². The standard InChI is InChI=1S/C12H17FO2/c1-8(2)11(14)7-15-12-6-9(3)4-5-10(12)13/h4-6,8,11,14H,7H2,1-3H3. The van der Waals surface area contributed by atoms with E-state index in [-0.39, 0.29) is 18.3 Å². The van der Waals surface area contributed by atoms with Crippen molar-refractivity contribution in [2.75, 3.05) is 6.61 Å². The Kier molecular flexibility index (Phi) is 4.09. The molecule has 2 nitrogen and oxygen atoms in total. The van der Waals surface area contributed by atoms with Crippen LogP contribution in [0, 0.1) is 18.7 Å². The minimum absolute atomic E-state index is 0.109. The molecule has 0 aliphatic heterocycles. The molecule has 0 saturated heterocycles. The number of aliphatic hydroxyl groups is 1. The van der Waals surface area contributed by atoms with E-state index in [1.807, 2.05) is 20.8 Å². The van der Waals surface area contributed by atoms with Crippen molar-refractivity contribution in [2.45, 2.75) is 26.9 Å². The molecule has 3 heteroatoms. The smallest absolute Gasteiger partial charge is 0.165 e. The Morgan fingerprint density at radius 3 is 2.67 bits per heavy atom. The number of halogens is 1. The van der Waals surface area contributed by atoms with Gasteiger partial charge in [-0.2, -0.15) is 0 Å². The highest BCUT2D eigenvalue weighted by Gasteiger charge is 2.11. The van der Waals surface area contributed by atoms with Crippen LogP contribution in [0.3, 0.4) is 0 Å². The van der Waals surface area contributed by atoms with Gasteiger partial charge in [0.1, 0.15) is 6.61 Å². The summed E-state index contributed by atoms with van der Waals surface area (Å²) in [5.41, 5.74) is 0.936. The second-order valence-electron chi connectivity index (χ2n) is 4.06. The zero-order valence-corrected chi connectivity index (χ0v) is 9.33. The van der Waals surface area contributed by atoms with E-state index in [9.17, 15) is 9.50 Å². The molecular weight excluding hydrogens is 195 g/mol. The molecule has 0 spiro atoms. The quantitative estimate of drug-likeness (QED) is 0.831. The molecule has 0 radical (unpaired) electrons. The van der Waals surface area contributed by atoms with Gasteiger partial charge >= 0.3 is 0 Å². The van der Waals surface area contributed by atoms with Crippen LogP contribution in [-0.2, 0) is 0 Å². The first-order valence-corrected chi connectivity index (χ1v) is 5.07. The predicted octanol–water partition coefficient (Wildman–Crippen LogP) is 2.53. The molecule has 15 heavy (non-hydrogen) atoms. The van der Waals surface area contributed by atoms with Crippen molar-refractivity contribution >= 4 is 0 Å². The molecule has 0 aromatic heterocycles. The highest BCUT2D eigenvalue weighted by Crippen LogP contribution is 2.18. The Morgan fingerprint density at radius 1 is 1.40 bits per heavy atom. The van der Waals surface area contributed by atoms with Crippen LogP contribution in [0.25, 0.3) is 0 Å². The summed E-state index contributed by atoms with van der Waals surface area (Å²) in [6.45, 7) is 5.77. The summed E-state index contributed by atoms with van der Waals surface area (Å²) < 4.78 is 18.4. The largest absolute Gasteiger partial charge is 0.488 e. The van der Waals surface area contributed by atoms with Crippen molar-refractivity contribution in [3.63, 3.8) is 0 Å². The van der Waals surface area contributed by atoms with Gasteiger partial charge in [-0.25, -0.2) is 4.39 Å². The van der Waals surface area contributed by atoms with Crippen molar-refractivity contribution in [3.8, 4) is 5.75 Å². The lowest BCUT2D eigenvalue weighted by atomic mass is 10.1. The summed E-state index contributed by atoms with van der Waals surface area (Å²) in [5.74, 6) is -0.0795. The van der Waals surface area contributed by atoms with E-state index >= 15 is 0 Å². The van der Waals surface area contributed by atoms with Gasteiger partial charge in [0.15, 0.2) is 11.6 Å². The third-order valence-electron chi connectivity index (χ3n) is 2.27. The summed E-state index contributed by atoms with van der Waals surface area (Å²) in [5, 5.41) is 9.50. The molecule has 1 atom stereocenters. The lowest BCUT2D eigenvalue weighted by molar-refractivity contribution is 0.0684. The summed E-state index contributed by atoms with van der Waals surface area (Å²) in [4.78, 5) is 0. The lowest BCUT2D eigenvalue weighted by Gasteiger charge is -2.15. The fraction of sp³-hybridized carbons (Fsp3) is 0.500. The minimum Gasteiger partial charge on any atom is -0.488 e. The van der Waals surface area contributed by atoms with E-state index < -0.39 is 11.9 Å². The lowest BCUT2D eigenvalue weighted by Crippen LogP contribution is -2.23. The monoisotopic (exact) mass is 212 g/mol. The SMILES string of the molecule is Cc1ccc(F)c(OCC(O)C(C)C)c1. The fourth-order valence-electron chi connectivity index (χ4n) is 1.09. The van der Waals surface area contributed by atoms with Crippen LogP contribution >= 0.6 is 0 Å². The summed E-state index contributed by atoms with van der Waals surface area (Å²) >= 11 is 0. The number of hydrogen-bond acceptors (Lipinski definition) is 2. The summed E-state index contributed by atoms with van der Waals surface area (Å²) in [6, 6.07) is 4.68. The van der Waals surface area contributed by atoms with Gasteiger partial charge in [0.05, 0.1) is 6.10 Å². The number of benzene rings is 1. The normalized spacial score (nSPS) is 12.9. The number of rotatable bonds is 4. The average Bonchev–Trinajstić information content (AvgIpc) is 2.18. The van der Waals surface area contributed by atoms with Crippen molar-refractivity contribution in [3.05, 3.63) is 29.6 Å². The Morgan fingerprint density at radius 2 is 2.07 bits per heavy atom. The molecule has 84 valence electrons. The third kappa shape index (κ3) is 3.51. The van der Waals surface area contributed by atoms with Gasteiger partial charge in [-0.15, -0.1) is 0 Å². The number of hydrogen-bond donors (Lipinski definition) is 1. The fourth-order valence-corrected chi connectivity index (χ4v) is 1.09. The highest BCUT2D eigenvalue weighted by molar-refractivity contribution is 5.29. The predicted molar refractivity (Wildman–Crippen MR) is 57.5 cm³/mol. The van der Waals surface area contributed by atoms with Crippen LogP contribution in [0.4, 0.5) is 4.39 Å². The molecule has 1 unspecified atom stereocenters. The molecule has 0 aliphatic rings. The topological polar surface area (TPSA) is 29.5 Å². The first-order valence-electron chi connectivity index (χ1n) is 5.07. The van der Waals surface area contributed by atoms with Gasteiger partial charge in [-0.1, -0.05) is 19.9 Å². The van der Waals surface area contributed by atoms with E-state index in [0.717, 1.165) is 5.56 Å². The molecule has 1 N–H and O–H groups in total. The third-order valence-corrected chi connectivity index (χ3v) is 2.27. The van der Waals surface area contributed by atoms with Crippen molar-refractivity contribution < 1.29 is 14.2 Å². The number of aryl methyl sites for hydroxylation is 1. The van der Waals surface area contributed by atoms with Gasteiger partial charge in [-0.3, -0.25) is 0 Å². The molecular formula is C12H17FO2. The molecule has 0 bridgehead atoms. The van der Waals surface area contributed by atoms with Crippen LogP contribution in [-0.4, -0.2) is 17.8 Å². The maximum absolute atomic E-state index is 13.2. The molecule has 1 aromatic rings. The van der Waals surface area contributed by atoms with Gasteiger partial charge in [0.2, 0.25) is 0 Å². The molecule has 0 saturated carbocycles. The summed E-state index contributed by atoms with van der Waals surface area (Å²) in [7, 11) is 0. The number of ether oxygens (including phenoxy) is 1. The zero-order chi connectivity index (χ0) is 11.4. The average molecular weight is 212 g/mol. The molecule has 1 aromatic carbocycles. The molecule has 1 rings (SSSR count). The van der Waals surface area contributed by atoms with E-state index in [1.165, 1.54) is 6.07 Å². The zero-order valence-electron chi connectivity index (χ0n) is 9.33. The number of aliphatic hydroxyl groups excluding tert-OH is 1. The van der Waals surface area contributed by atoms with Crippen LogP contribution in [0.5, 0.6) is 5.75 Å². The summed E-state index contributed by atoms with van der Waals surface area (Å²) in [6.07, 6.45) is -0.565. The Bertz CT molecular complexity index is 323. The molecule has 0 fully saturated rings. The van der Waals surface area contributed by atoms with E-state index in [1.54, 1.807) is 12.1 Å². The maximum Gasteiger partial charge on any atom is 0.165 e. The van der Waals surface area contributed by atoms with Crippen LogP contribution in [0.15, 0.2) is 18.2 Å².